The summed E-state index contributed by atoms with van der Waals surface area (Å²) in [6, 6.07) is 8.76. The third-order valence-electron chi connectivity index (χ3n) is 1.06. The molecule has 0 aromatic heterocycles. The predicted molar refractivity (Wildman–Crippen MR) is 49.8 cm³/mol. The fraction of sp³-hybridized carbons (Fsp3) is 0.111. The van der Waals surface area contributed by atoms with Gasteiger partial charge in [0.1, 0.15) is 0 Å². The number of hydrogen-bond donors (Lipinski definition) is 2. The predicted octanol–water partition coefficient (Wildman–Crippen LogP) is 0.277. The largest absolute Gasteiger partial charge is 0.370 e. The molecule has 0 bridgehead atoms. The molecule has 1 rings (SSSR count). The second-order valence-corrected chi connectivity index (χ2v) is 2.34. The maximum atomic E-state index is 10.4. The molecule has 0 atom stereocenters. The highest BCUT2D eigenvalue weighted by Gasteiger charge is 1.93. The van der Waals surface area contributed by atoms with Gasteiger partial charge in [-0.1, -0.05) is 18.2 Å². The molecule has 4 heteroatoms. The molecule has 0 saturated heterocycles. The third-order valence-corrected chi connectivity index (χ3v) is 1.06. The average Bonchev–Trinajstić information content (AvgIpc) is 2.05. The minimum atomic E-state index is -0.379. The van der Waals surface area contributed by atoms with Crippen LogP contribution in [-0.2, 0) is 4.79 Å². The zero-order chi connectivity index (χ0) is 10.3. The lowest BCUT2D eigenvalue weighted by atomic mass is 10.2. The minimum Gasteiger partial charge on any atom is -0.370 e. The summed E-state index contributed by atoms with van der Waals surface area (Å²) in [5.41, 5.74) is 10.0. The molecule has 2 amide bonds. The Bertz CT molecular complexity index is 279. The lowest BCUT2D eigenvalue weighted by Gasteiger charge is -1.89. The Morgan fingerprint density at radius 2 is 1.46 bits per heavy atom. The van der Waals surface area contributed by atoms with E-state index in [1.165, 1.54) is 6.92 Å². The number of benzene rings is 1. The molecule has 4 nitrogen and oxygen atoms in total. The number of nitrogens with two attached hydrogens (primary N) is 2. The van der Waals surface area contributed by atoms with Crippen LogP contribution < -0.4 is 11.5 Å². The molecule has 0 aliphatic carbocycles. The molecule has 0 aliphatic rings. The average molecular weight is 180 g/mol. The van der Waals surface area contributed by atoms with Crippen LogP contribution in [0.2, 0.25) is 0 Å². The van der Waals surface area contributed by atoms with E-state index in [-0.39, 0.29) is 11.8 Å². The number of carbonyl (C=O) groups excluding carboxylic acids is 2. The monoisotopic (exact) mass is 180 g/mol. The Morgan fingerprint density at radius 3 is 1.69 bits per heavy atom. The van der Waals surface area contributed by atoms with Crippen LogP contribution in [0.15, 0.2) is 30.3 Å². The molecule has 1 aromatic rings. The lowest BCUT2D eigenvalue weighted by molar-refractivity contribution is -0.115. The zero-order valence-corrected chi connectivity index (χ0v) is 7.36. The van der Waals surface area contributed by atoms with Crippen LogP contribution in [0.3, 0.4) is 0 Å². The van der Waals surface area contributed by atoms with E-state index in [2.05, 4.69) is 5.73 Å². The number of carbonyl (C=O) groups is 2. The van der Waals surface area contributed by atoms with Gasteiger partial charge in [-0.2, -0.15) is 0 Å². The third kappa shape index (κ3) is 6.55. The molecule has 4 N–H and O–H groups in total. The van der Waals surface area contributed by atoms with Gasteiger partial charge in [-0.15, -0.1) is 0 Å². The van der Waals surface area contributed by atoms with Gasteiger partial charge in [0.2, 0.25) is 11.8 Å². The summed E-state index contributed by atoms with van der Waals surface area (Å²) in [7, 11) is 0. The Morgan fingerprint density at radius 1 is 1.08 bits per heavy atom. The van der Waals surface area contributed by atoms with E-state index in [0.717, 1.165) is 0 Å². The molecule has 13 heavy (non-hydrogen) atoms. The molecule has 70 valence electrons. The zero-order valence-electron chi connectivity index (χ0n) is 7.36. The standard InChI is InChI=1S/C7H7NO.C2H5NO/c8-7(9)6-4-2-1-3-5-6;1-2(3)4/h1-5H,(H2,8,9);1H3,(H2,3,4). The summed E-state index contributed by atoms with van der Waals surface area (Å²) in [6.07, 6.45) is 0. The summed E-state index contributed by atoms with van der Waals surface area (Å²) in [4.78, 5) is 19.6. The van der Waals surface area contributed by atoms with Crippen LogP contribution in [0.5, 0.6) is 0 Å². The minimum absolute atomic E-state index is 0.333. The van der Waals surface area contributed by atoms with E-state index in [9.17, 15) is 9.59 Å². The summed E-state index contributed by atoms with van der Waals surface area (Å²) in [6.45, 7) is 1.31. The first-order valence-corrected chi connectivity index (χ1v) is 3.65. The van der Waals surface area contributed by atoms with Crippen molar-refractivity contribution < 1.29 is 9.59 Å². The van der Waals surface area contributed by atoms with Gasteiger partial charge >= 0.3 is 0 Å². The molecule has 0 unspecified atom stereocenters. The quantitative estimate of drug-likeness (QED) is 0.650. The van der Waals surface area contributed by atoms with E-state index in [1.807, 2.05) is 6.07 Å². The second-order valence-electron chi connectivity index (χ2n) is 2.34. The highest BCUT2D eigenvalue weighted by Crippen LogP contribution is 1.94. The fourth-order valence-corrected chi connectivity index (χ4v) is 0.602. The molecule has 0 fully saturated rings. The van der Waals surface area contributed by atoms with Gasteiger partial charge in [-0.3, -0.25) is 9.59 Å². The second kappa shape index (κ2) is 5.77. The van der Waals surface area contributed by atoms with Gasteiger partial charge in [0, 0.05) is 12.5 Å². The number of hydrogen-bond acceptors (Lipinski definition) is 2. The van der Waals surface area contributed by atoms with Crippen molar-refractivity contribution in [3.8, 4) is 0 Å². The normalized spacial score (nSPS) is 8.08. The summed E-state index contributed by atoms with van der Waals surface area (Å²) < 4.78 is 0. The first-order chi connectivity index (χ1) is 6.04. The van der Waals surface area contributed by atoms with Crippen LogP contribution in [0, 0.1) is 0 Å². The highest BCUT2D eigenvalue weighted by atomic mass is 16.1. The Balaban J connectivity index is 0.000000310. The molecule has 0 saturated carbocycles. The van der Waals surface area contributed by atoms with Gasteiger partial charge in [-0.25, -0.2) is 0 Å². The Labute approximate surface area is 76.5 Å². The van der Waals surface area contributed by atoms with Crippen LogP contribution in [-0.4, -0.2) is 11.8 Å². The van der Waals surface area contributed by atoms with E-state index in [4.69, 9.17) is 5.73 Å². The van der Waals surface area contributed by atoms with Crippen molar-refractivity contribution in [1.82, 2.24) is 0 Å². The molecule has 0 spiro atoms. The van der Waals surface area contributed by atoms with E-state index in [0.29, 0.717) is 5.56 Å². The summed E-state index contributed by atoms with van der Waals surface area (Å²) in [5.74, 6) is -0.712. The molecule has 1 aromatic carbocycles. The van der Waals surface area contributed by atoms with Crippen LogP contribution in [0.1, 0.15) is 17.3 Å². The van der Waals surface area contributed by atoms with E-state index >= 15 is 0 Å². The number of amides is 2. The van der Waals surface area contributed by atoms with Crippen LogP contribution in [0.25, 0.3) is 0 Å². The highest BCUT2D eigenvalue weighted by molar-refractivity contribution is 5.92. The molecular formula is C9H12N2O2. The van der Waals surface area contributed by atoms with Crippen molar-refractivity contribution in [2.75, 3.05) is 0 Å². The lowest BCUT2D eigenvalue weighted by Crippen LogP contribution is -2.09. The van der Waals surface area contributed by atoms with Gasteiger partial charge < -0.3 is 11.5 Å². The molecule has 0 heterocycles. The van der Waals surface area contributed by atoms with Crippen molar-refractivity contribution in [3.63, 3.8) is 0 Å². The van der Waals surface area contributed by atoms with Crippen LogP contribution in [0.4, 0.5) is 0 Å². The smallest absolute Gasteiger partial charge is 0.248 e. The Hall–Kier alpha value is -1.84. The van der Waals surface area contributed by atoms with E-state index < -0.39 is 0 Å². The van der Waals surface area contributed by atoms with Crippen molar-refractivity contribution in [2.45, 2.75) is 6.92 Å². The van der Waals surface area contributed by atoms with Crippen molar-refractivity contribution >= 4 is 11.8 Å². The molecule has 0 radical (unpaired) electrons. The van der Waals surface area contributed by atoms with E-state index in [1.54, 1.807) is 24.3 Å². The van der Waals surface area contributed by atoms with Gasteiger partial charge in [-0.05, 0) is 12.1 Å². The van der Waals surface area contributed by atoms with Crippen LogP contribution >= 0.6 is 0 Å². The topological polar surface area (TPSA) is 86.2 Å². The fourth-order valence-electron chi connectivity index (χ4n) is 0.602. The summed E-state index contributed by atoms with van der Waals surface area (Å²) >= 11 is 0. The first kappa shape index (κ1) is 11.2. The van der Waals surface area contributed by atoms with Crippen molar-refractivity contribution in [2.24, 2.45) is 11.5 Å². The van der Waals surface area contributed by atoms with Gasteiger partial charge in [0.05, 0.1) is 0 Å². The number of primary amides is 2. The first-order valence-electron chi connectivity index (χ1n) is 3.65. The maximum Gasteiger partial charge on any atom is 0.248 e. The van der Waals surface area contributed by atoms with Crippen molar-refractivity contribution in [1.29, 1.82) is 0 Å². The summed E-state index contributed by atoms with van der Waals surface area (Å²) in [5, 5.41) is 0. The van der Waals surface area contributed by atoms with Gasteiger partial charge in [0.15, 0.2) is 0 Å². The number of rotatable bonds is 1. The maximum absolute atomic E-state index is 10.4. The van der Waals surface area contributed by atoms with Gasteiger partial charge in [0.25, 0.3) is 0 Å². The van der Waals surface area contributed by atoms with Crippen molar-refractivity contribution in [3.05, 3.63) is 35.9 Å². The SMILES string of the molecule is CC(N)=O.NC(=O)c1ccccc1. The Kier molecular flexibility index (Phi) is 4.95. The molecule has 0 aliphatic heterocycles. The molecular weight excluding hydrogens is 168 g/mol.